The van der Waals surface area contributed by atoms with Gasteiger partial charge in [0, 0.05) is 38.3 Å². The number of benzene rings is 1. The molecule has 0 saturated carbocycles. The van der Waals surface area contributed by atoms with Crippen LogP contribution < -0.4 is 16.0 Å². The molecule has 0 amide bonds. The zero-order chi connectivity index (χ0) is 18.3. The summed E-state index contributed by atoms with van der Waals surface area (Å²) in [5.74, 6) is 0.818. The molecule has 2 rings (SSSR count). The van der Waals surface area contributed by atoms with Gasteiger partial charge in [-0.3, -0.25) is 4.99 Å². The van der Waals surface area contributed by atoms with E-state index in [0.717, 1.165) is 38.5 Å². The summed E-state index contributed by atoms with van der Waals surface area (Å²) in [4.78, 5) is 4.33. The van der Waals surface area contributed by atoms with Gasteiger partial charge in [-0.25, -0.2) is 0 Å². The fraction of sp³-hybridized carbons (Fsp3) is 0.650. The van der Waals surface area contributed by atoms with Crippen molar-refractivity contribution < 1.29 is 4.74 Å². The van der Waals surface area contributed by atoms with E-state index in [9.17, 15) is 0 Å². The zero-order valence-electron chi connectivity index (χ0n) is 16.4. The summed E-state index contributed by atoms with van der Waals surface area (Å²) < 4.78 is 5.82. The summed E-state index contributed by atoms with van der Waals surface area (Å²) in [7, 11) is 1.81. The molecule has 2 unspecified atom stereocenters. The Bertz CT molecular complexity index is 550. The Balaban J connectivity index is 1.80. The molecule has 25 heavy (non-hydrogen) atoms. The third-order valence-corrected chi connectivity index (χ3v) is 4.76. The van der Waals surface area contributed by atoms with E-state index in [-0.39, 0.29) is 11.1 Å². The molecule has 1 heterocycles. The molecule has 0 bridgehead atoms. The number of nitrogens with one attached hydrogen (secondary N) is 3. The van der Waals surface area contributed by atoms with Crippen molar-refractivity contribution in [2.45, 2.75) is 57.7 Å². The van der Waals surface area contributed by atoms with Crippen LogP contribution in [0.2, 0.25) is 0 Å². The largest absolute Gasteiger partial charge is 0.373 e. The van der Waals surface area contributed by atoms with Crippen LogP contribution in [0, 0.1) is 0 Å². The van der Waals surface area contributed by atoms with Crippen molar-refractivity contribution in [1.82, 2.24) is 16.0 Å². The monoisotopic (exact) mass is 346 g/mol. The first kappa shape index (κ1) is 19.7. The van der Waals surface area contributed by atoms with E-state index in [2.05, 4.69) is 72.9 Å². The maximum Gasteiger partial charge on any atom is 0.191 e. The number of ether oxygens (including phenoxy) is 1. The highest BCUT2D eigenvalue weighted by atomic mass is 16.5. The molecule has 1 saturated heterocycles. The maximum absolute atomic E-state index is 5.82. The molecule has 1 fully saturated rings. The minimum absolute atomic E-state index is 0.0688. The second-order valence-electron chi connectivity index (χ2n) is 7.84. The van der Waals surface area contributed by atoms with Crippen LogP contribution in [0.3, 0.4) is 0 Å². The Kier molecular flexibility index (Phi) is 6.85. The topological polar surface area (TPSA) is 57.7 Å². The third-order valence-electron chi connectivity index (χ3n) is 4.76. The van der Waals surface area contributed by atoms with Gasteiger partial charge in [0.15, 0.2) is 5.96 Å². The quantitative estimate of drug-likeness (QED) is 0.525. The van der Waals surface area contributed by atoms with E-state index in [0.29, 0.717) is 6.04 Å². The lowest BCUT2D eigenvalue weighted by Crippen LogP contribution is -2.53. The lowest BCUT2D eigenvalue weighted by atomic mass is 10.0. The normalized spacial score (nSPS) is 22.7. The van der Waals surface area contributed by atoms with Crippen molar-refractivity contribution in [1.29, 1.82) is 0 Å². The van der Waals surface area contributed by atoms with Crippen molar-refractivity contribution >= 4 is 5.96 Å². The fourth-order valence-corrected chi connectivity index (χ4v) is 3.23. The van der Waals surface area contributed by atoms with E-state index in [4.69, 9.17) is 4.74 Å². The molecule has 0 aromatic heterocycles. The predicted molar refractivity (Wildman–Crippen MR) is 105 cm³/mol. The first-order valence-corrected chi connectivity index (χ1v) is 9.25. The average Bonchev–Trinajstić information content (AvgIpc) is 3.02. The van der Waals surface area contributed by atoms with E-state index in [1.54, 1.807) is 7.05 Å². The Morgan fingerprint density at radius 1 is 1.28 bits per heavy atom. The van der Waals surface area contributed by atoms with Crippen LogP contribution in [0.1, 0.15) is 52.1 Å². The first-order chi connectivity index (χ1) is 11.8. The van der Waals surface area contributed by atoms with Crippen molar-refractivity contribution in [2.75, 3.05) is 26.7 Å². The van der Waals surface area contributed by atoms with Gasteiger partial charge in [-0.15, -0.1) is 0 Å². The SMILES string of the molecule is CN=C(NCC(C)(C)NC(C)c1ccccc1)NCC1(C)CCCO1. The molecule has 5 heteroatoms. The van der Waals surface area contributed by atoms with Crippen molar-refractivity contribution in [2.24, 2.45) is 4.99 Å². The molecular formula is C20H34N4O. The number of guanidine groups is 1. The van der Waals surface area contributed by atoms with Crippen LogP contribution in [-0.4, -0.2) is 43.8 Å². The number of hydrogen-bond acceptors (Lipinski definition) is 3. The van der Waals surface area contributed by atoms with Crippen molar-refractivity contribution in [3.05, 3.63) is 35.9 Å². The zero-order valence-corrected chi connectivity index (χ0v) is 16.4. The van der Waals surface area contributed by atoms with Crippen LogP contribution >= 0.6 is 0 Å². The summed E-state index contributed by atoms with van der Waals surface area (Å²) in [6.07, 6.45) is 2.23. The molecule has 0 radical (unpaired) electrons. The summed E-state index contributed by atoms with van der Waals surface area (Å²) >= 11 is 0. The highest BCUT2D eigenvalue weighted by Crippen LogP contribution is 2.23. The van der Waals surface area contributed by atoms with E-state index < -0.39 is 0 Å². The Morgan fingerprint density at radius 3 is 2.60 bits per heavy atom. The minimum atomic E-state index is -0.0762. The van der Waals surface area contributed by atoms with Gasteiger partial charge in [0.1, 0.15) is 0 Å². The second-order valence-corrected chi connectivity index (χ2v) is 7.84. The number of rotatable bonds is 7. The average molecular weight is 347 g/mol. The Morgan fingerprint density at radius 2 is 2.00 bits per heavy atom. The van der Waals surface area contributed by atoms with Gasteiger partial charge in [0.05, 0.1) is 5.60 Å². The highest BCUT2D eigenvalue weighted by Gasteiger charge is 2.30. The predicted octanol–water partition coefficient (Wildman–Crippen LogP) is 2.85. The van der Waals surface area contributed by atoms with Gasteiger partial charge in [0.2, 0.25) is 0 Å². The van der Waals surface area contributed by atoms with Crippen LogP contribution in [0.15, 0.2) is 35.3 Å². The van der Waals surface area contributed by atoms with Gasteiger partial charge in [-0.1, -0.05) is 30.3 Å². The smallest absolute Gasteiger partial charge is 0.191 e. The summed E-state index contributed by atoms with van der Waals surface area (Å²) in [6, 6.07) is 10.8. The van der Waals surface area contributed by atoms with Gasteiger partial charge >= 0.3 is 0 Å². The second kappa shape index (κ2) is 8.68. The van der Waals surface area contributed by atoms with Crippen molar-refractivity contribution in [3.63, 3.8) is 0 Å². The molecule has 140 valence electrons. The van der Waals surface area contributed by atoms with E-state index in [1.165, 1.54) is 5.56 Å². The molecule has 1 aromatic carbocycles. The molecule has 1 aliphatic rings. The van der Waals surface area contributed by atoms with E-state index in [1.807, 2.05) is 6.07 Å². The Hall–Kier alpha value is -1.59. The van der Waals surface area contributed by atoms with Gasteiger partial charge < -0.3 is 20.7 Å². The summed E-state index contributed by atoms with van der Waals surface area (Å²) in [5.41, 5.74) is 1.15. The third kappa shape index (κ3) is 6.33. The molecule has 2 atom stereocenters. The molecule has 1 aromatic rings. The first-order valence-electron chi connectivity index (χ1n) is 9.25. The minimum Gasteiger partial charge on any atom is -0.373 e. The van der Waals surface area contributed by atoms with Crippen LogP contribution in [0.25, 0.3) is 0 Å². The highest BCUT2D eigenvalue weighted by molar-refractivity contribution is 5.79. The molecule has 5 nitrogen and oxygen atoms in total. The summed E-state index contributed by atoms with van der Waals surface area (Å²) in [6.45, 7) is 11.2. The van der Waals surface area contributed by atoms with Crippen LogP contribution in [-0.2, 0) is 4.74 Å². The maximum atomic E-state index is 5.82. The van der Waals surface area contributed by atoms with Gasteiger partial charge in [-0.2, -0.15) is 0 Å². The lowest BCUT2D eigenvalue weighted by Gasteiger charge is -2.32. The lowest BCUT2D eigenvalue weighted by molar-refractivity contribution is 0.0242. The van der Waals surface area contributed by atoms with E-state index >= 15 is 0 Å². The number of hydrogen-bond donors (Lipinski definition) is 3. The number of nitrogens with zero attached hydrogens (tertiary/aromatic N) is 1. The van der Waals surface area contributed by atoms with Crippen molar-refractivity contribution in [3.8, 4) is 0 Å². The van der Waals surface area contributed by atoms with Gasteiger partial charge in [-0.05, 0) is 46.1 Å². The molecule has 3 N–H and O–H groups in total. The molecule has 0 spiro atoms. The molecular weight excluding hydrogens is 312 g/mol. The standard InChI is InChI=1S/C20H34N4O/c1-16(17-10-7-6-8-11-17)24-19(2,3)14-22-18(21-5)23-15-20(4)12-9-13-25-20/h6-8,10-11,16,24H,9,12-15H2,1-5H3,(H2,21,22,23). The number of aliphatic imine (C=N–C) groups is 1. The van der Waals surface area contributed by atoms with Crippen LogP contribution in [0.5, 0.6) is 0 Å². The molecule has 0 aliphatic carbocycles. The van der Waals surface area contributed by atoms with Gasteiger partial charge in [0.25, 0.3) is 0 Å². The summed E-state index contributed by atoms with van der Waals surface area (Å²) in [5, 5.41) is 10.5. The molecule has 1 aliphatic heterocycles. The Labute approximate surface area is 152 Å². The fourth-order valence-electron chi connectivity index (χ4n) is 3.23. The van der Waals surface area contributed by atoms with Crippen LogP contribution in [0.4, 0.5) is 0 Å².